The molecular formula is C14H13BrFNS. The van der Waals surface area contributed by atoms with E-state index >= 15 is 0 Å². The van der Waals surface area contributed by atoms with Gasteiger partial charge in [-0.05, 0) is 48.9 Å². The van der Waals surface area contributed by atoms with Crippen molar-refractivity contribution in [2.75, 3.05) is 0 Å². The Labute approximate surface area is 119 Å². The van der Waals surface area contributed by atoms with E-state index in [9.17, 15) is 4.39 Å². The smallest absolute Gasteiger partial charge is 0.123 e. The summed E-state index contributed by atoms with van der Waals surface area (Å²) in [6.45, 7) is 1.86. The number of rotatable bonds is 3. The highest BCUT2D eigenvalue weighted by Gasteiger charge is 2.09. The molecule has 2 aromatic rings. The van der Waals surface area contributed by atoms with Crippen LogP contribution in [0.1, 0.15) is 18.5 Å². The minimum atomic E-state index is -0.249. The van der Waals surface area contributed by atoms with Gasteiger partial charge >= 0.3 is 0 Å². The van der Waals surface area contributed by atoms with Crippen LogP contribution in [0.15, 0.2) is 56.7 Å². The highest BCUT2D eigenvalue weighted by Crippen LogP contribution is 2.34. The minimum absolute atomic E-state index is 0.185. The standard InChI is InChI=1S/C14H13BrFNS/c1-9(17)13-8-11(16)5-6-14(13)18-12-4-2-3-10(15)7-12/h2-9H,17H2,1H3/t9-/m0/s1. The van der Waals surface area contributed by atoms with E-state index in [4.69, 9.17) is 5.73 Å². The Kier molecular flexibility index (Phi) is 4.43. The maximum atomic E-state index is 13.2. The molecule has 0 amide bonds. The lowest BCUT2D eigenvalue weighted by Gasteiger charge is -2.12. The molecule has 18 heavy (non-hydrogen) atoms. The van der Waals surface area contributed by atoms with Crippen molar-refractivity contribution < 1.29 is 4.39 Å². The Balaban J connectivity index is 2.34. The second-order valence-corrected chi connectivity index (χ2v) is 6.06. The second kappa shape index (κ2) is 5.87. The van der Waals surface area contributed by atoms with Gasteiger partial charge in [-0.25, -0.2) is 4.39 Å². The Bertz CT molecular complexity index is 557. The van der Waals surface area contributed by atoms with Crippen LogP contribution in [-0.4, -0.2) is 0 Å². The van der Waals surface area contributed by atoms with Crippen molar-refractivity contribution in [1.29, 1.82) is 0 Å². The van der Waals surface area contributed by atoms with E-state index in [-0.39, 0.29) is 11.9 Å². The highest BCUT2D eigenvalue weighted by molar-refractivity contribution is 9.10. The van der Waals surface area contributed by atoms with E-state index in [0.29, 0.717) is 0 Å². The summed E-state index contributed by atoms with van der Waals surface area (Å²) >= 11 is 5.03. The van der Waals surface area contributed by atoms with Crippen molar-refractivity contribution in [1.82, 2.24) is 0 Å². The topological polar surface area (TPSA) is 26.0 Å². The summed E-state index contributed by atoms with van der Waals surface area (Å²) in [5, 5.41) is 0. The fourth-order valence-corrected chi connectivity index (χ4v) is 3.26. The van der Waals surface area contributed by atoms with Crippen molar-refractivity contribution in [3.05, 3.63) is 58.3 Å². The molecule has 2 rings (SSSR count). The van der Waals surface area contributed by atoms with E-state index in [1.54, 1.807) is 17.8 Å². The Morgan fingerprint density at radius 1 is 1.22 bits per heavy atom. The van der Waals surface area contributed by atoms with Gasteiger partial charge in [0.1, 0.15) is 5.82 Å². The zero-order chi connectivity index (χ0) is 13.1. The van der Waals surface area contributed by atoms with Crippen molar-refractivity contribution in [3.63, 3.8) is 0 Å². The van der Waals surface area contributed by atoms with Crippen LogP contribution in [-0.2, 0) is 0 Å². The lowest BCUT2D eigenvalue weighted by Crippen LogP contribution is -2.06. The van der Waals surface area contributed by atoms with Crippen LogP contribution in [0.3, 0.4) is 0 Å². The molecule has 1 nitrogen and oxygen atoms in total. The van der Waals surface area contributed by atoms with Gasteiger partial charge in [-0.3, -0.25) is 0 Å². The van der Waals surface area contributed by atoms with Gasteiger partial charge in [0.15, 0.2) is 0 Å². The molecule has 4 heteroatoms. The Hall–Kier alpha value is -0.840. The van der Waals surface area contributed by atoms with Crippen LogP contribution in [0.4, 0.5) is 4.39 Å². The SMILES string of the molecule is C[C@H](N)c1cc(F)ccc1Sc1cccc(Br)c1. The lowest BCUT2D eigenvalue weighted by molar-refractivity contribution is 0.619. The fraction of sp³-hybridized carbons (Fsp3) is 0.143. The molecule has 94 valence electrons. The van der Waals surface area contributed by atoms with Gasteiger partial charge in [-0.1, -0.05) is 33.8 Å². The molecule has 0 aliphatic rings. The zero-order valence-corrected chi connectivity index (χ0v) is 12.3. The van der Waals surface area contributed by atoms with Crippen molar-refractivity contribution in [3.8, 4) is 0 Å². The fourth-order valence-electron chi connectivity index (χ4n) is 1.63. The maximum Gasteiger partial charge on any atom is 0.123 e. The number of benzene rings is 2. The summed E-state index contributed by atoms with van der Waals surface area (Å²) < 4.78 is 14.3. The molecule has 0 saturated carbocycles. The quantitative estimate of drug-likeness (QED) is 0.880. The van der Waals surface area contributed by atoms with Crippen LogP contribution < -0.4 is 5.73 Å². The van der Waals surface area contributed by atoms with Gasteiger partial charge < -0.3 is 5.73 Å². The normalized spacial score (nSPS) is 12.4. The summed E-state index contributed by atoms with van der Waals surface area (Å²) in [6.07, 6.45) is 0. The molecule has 0 bridgehead atoms. The Morgan fingerprint density at radius 2 is 2.00 bits per heavy atom. The first-order valence-electron chi connectivity index (χ1n) is 5.54. The van der Waals surface area contributed by atoms with Crippen LogP contribution >= 0.6 is 27.7 Å². The third kappa shape index (κ3) is 3.34. The largest absolute Gasteiger partial charge is 0.324 e. The average Bonchev–Trinajstić information content (AvgIpc) is 2.31. The summed E-state index contributed by atoms with van der Waals surface area (Å²) in [5.74, 6) is -0.249. The predicted octanol–water partition coefficient (Wildman–Crippen LogP) is 4.76. The highest BCUT2D eigenvalue weighted by atomic mass is 79.9. The number of hydrogen-bond donors (Lipinski definition) is 1. The molecule has 0 aromatic heterocycles. The maximum absolute atomic E-state index is 13.2. The van der Waals surface area contributed by atoms with Gasteiger partial charge in [-0.2, -0.15) is 0 Å². The molecule has 0 aliphatic carbocycles. The molecule has 0 aliphatic heterocycles. The van der Waals surface area contributed by atoms with Crippen molar-refractivity contribution >= 4 is 27.7 Å². The third-order valence-electron chi connectivity index (χ3n) is 2.49. The predicted molar refractivity (Wildman–Crippen MR) is 77.3 cm³/mol. The molecule has 2 N–H and O–H groups in total. The third-order valence-corrected chi connectivity index (χ3v) is 4.06. The summed E-state index contributed by atoms with van der Waals surface area (Å²) in [4.78, 5) is 2.09. The second-order valence-electron chi connectivity index (χ2n) is 4.03. The van der Waals surface area contributed by atoms with Crippen molar-refractivity contribution in [2.24, 2.45) is 5.73 Å². The molecule has 2 aromatic carbocycles. The summed E-state index contributed by atoms with van der Waals surface area (Å²) in [7, 11) is 0. The number of hydrogen-bond acceptors (Lipinski definition) is 2. The van der Waals surface area contributed by atoms with Gasteiger partial charge in [0.25, 0.3) is 0 Å². The monoisotopic (exact) mass is 325 g/mol. The molecule has 0 heterocycles. The first kappa shape index (κ1) is 13.6. The molecule has 0 unspecified atom stereocenters. The summed E-state index contributed by atoms with van der Waals surface area (Å²) in [6, 6.07) is 12.6. The molecule has 0 fully saturated rings. The van der Waals surface area contributed by atoms with E-state index < -0.39 is 0 Å². The van der Waals surface area contributed by atoms with Gasteiger partial charge in [0.2, 0.25) is 0 Å². The molecular weight excluding hydrogens is 313 g/mol. The van der Waals surface area contributed by atoms with Crippen LogP contribution in [0.2, 0.25) is 0 Å². The summed E-state index contributed by atoms with van der Waals surface area (Å²) in [5.41, 5.74) is 6.71. The molecule has 1 atom stereocenters. The minimum Gasteiger partial charge on any atom is -0.324 e. The van der Waals surface area contributed by atoms with Crippen LogP contribution in [0.5, 0.6) is 0 Å². The molecule has 0 spiro atoms. The van der Waals surface area contributed by atoms with Gasteiger partial charge in [0.05, 0.1) is 0 Å². The number of halogens is 2. The van der Waals surface area contributed by atoms with Gasteiger partial charge in [-0.15, -0.1) is 0 Å². The molecule has 0 radical (unpaired) electrons. The Morgan fingerprint density at radius 3 is 2.67 bits per heavy atom. The van der Waals surface area contributed by atoms with Crippen molar-refractivity contribution in [2.45, 2.75) is 22.8 Å². The van der Waals surface area contributed by atoms with Crippen LogP contribution in [0, 0.1) is 5.82 Å². The van der Waals surface area contributed by atoms with Crippen LogP contribution in [0.25, 0.3) is 0 Å². The first-order valence-corrected chi connectivity index (χ1v) is 7.15. The lowest BCUT2D eigenvalue weighted by atomic mass is 10.1. The molecule has 0 saturated heterocycles. The van der Waals surface area contributed by atoms with E-state index in [1.165, 1.54) is 12.1 Å². The van der Waals surface area contributed by atoms with E-state index in [0.717, 1.165) is 19.8 Å². The number of nitrogens with two attached hydrogens (primary N) is 1. The van der Waals surface area contributed by atoms with E-state index in [1.807, 2.05) is 31.2 Å². The van der Waals surface area contributed by atoms with Gasteiger partial charge in [0, 0.05) is 20.3 Å². The average molecular weight is 326 g/mol. The van der Waals surface area contributed by atoms with E-state index in [2.05, 4.69) is 15.9 Å². The zero-order valence-electron chi connectivity index (χ0n) is 9.86. The first-order chi connectivity index (χ1) is 8.56.